The zero-order chi connectivity index (χ0) is 22.6. The Bertz CT molecular complexity index is 1270. The van der Waals surface area contributed by atoms with E-state index in [2.05, 4.69) is 10.1 Å². The first-order valence-corrected chi connectivity index (χ1v) is 12.1. The number of nitrogens with zero attached hydrogens (tertiary/aromatic N) is 3. The molecule has 6 rings (SSSR count). The third-order valence-corrected chi connectivity index (χ3v) is 7.82. The zero-order valence-electron chi connectivity index (χ0n) is 19.1. The third kappa shape index (κ3) is 3.47. The number of fused-ring (bicyclic) bond motifs is 3. The Morgan fingerprint density at radius 2 is 1.91 bits per heavy atom. The molecule has 3 fully saturated rings. The summed E-state index contributed by atoms with van der Waals surface area (Å²) in [6, 6.07) is 4.07. The number of H-pyrrole nitrogens is 1. The molecule has 1 aromatic carbocycles. The number of likely N-dealkylation sites (tertiary alicyclic amines) is 1. The van der Waals surface area contributed by atoms with Crippen molar-refractivity contribution in [1.82, 2.24) is 19.7 Å². The number of carbonyl (C=O) groups is 1. The molecule has 0 bridgehead atoms. The van der Waals surface area contributed by atoms with Crippen molar-refractivity contribution in [2.45, 2.75) is 57.1 Å². The SMILES string of the molecule is Cc1cc2[nH]c(=O)c3cnn(C4CCOCC4)c3c2cc1C(=O)N1CCC2(CCCO2)CC1. The Balaban J connectivity index is 1.40. The number of nitrogens with one attached hydrogen (secondary N) is 1. The zero-order valence-corrected chi connectivity index (χ0v) is 19.1. The molecule has 33 heavy (non-hydrogen) atoms. The van der Waals surface area contributed by atoms with Gasteiger partial charge in [0.25, 0.3) is 11.5 Å². The fraction of sp³-hybridized carbons (Fsp3) is 0.560. The number of hydrogen-bond donors (Lipinski definition) is 1. The molecule has 1 spiro atoms. The van der Waals surface area contributed by atoms with Crippen LogP contribution in [0.3, 0.4) is 0 Å². The van der Waals surface area contributed by atoms with E-state index < -0.39 is 0 Å². The first-order valence-electron chi connectivity index (χ1n) is 12.1. The number of ether oxygens (including phenoxy) is 2. The maximum Gasteiger partial charge on any atom is 0.259 e. The topological polar surface area (TPSA) is 89.4 Å². The lowest BCUT2D eigenvalue weighted by atomic mass is 9.88. The van der Waals surface area contributed by atoms with Gasteiger partial charge in [0.05, 0.1) is 34.3 Å². The Morgan fingerprint density at radius 1 is 1.12 bits per heavy atom. The van der Waals surface area contributed by atoms with E-state index in [1.807, 2.05) is 28.6 Å². The van der Waals surface area contributed by atoms with Gasteiger partial charge in [0, 0.05) is 43.9 Å². The van der Waals surface area contributed by atoms with Crippen LogP contribution in [0, 0.1) is 6.92 Å². The summed E-state index contributed by atoms with van der Waals surface area (Å²) in [6.07, 6.45) is 7.40. The molecular weight excluding hydrogens is 420 g/mol. The van der Waals surface area contributed by atoms with Crippen LogP contribution in [0.25, 0.3) is 21.8 Å². The lowest BCUT2D eigenvalue weighted by Gasteiger charge is -2.38. The summed E-state index contributed by atoms with van der Waals surface area (Å²) in [5.74, 6) is 0.0544. The lowest BCUT2D eigenvalue weighted by molar-refractivity contribution is -0.0387. The van der Waals surface area contributed by atoms with E-state index in [-0.39, 0.29) is 23.1 Å². The normalized spacial score (nSPS) is 21.4. The van der Waals surface area contributed by atoms with Crippen molar-refractivity contribution < 1.29 is 14.3 Å². The summed E-state index contributed by atoms with van der Waals surface area (Å²) in [6.45, 7) is 5.60. The fourth-order valence-electron chi connectivity index (χ4n) is 5.87. The van der Waals surface area contributed by atoms with Gasteiger partial charge in [-0.15, -0.1) is 0 Å². The Labute approximate surface area is 191 Å². The molecule has 3 aliphatic rings. The summed E-state index contributed by atoms with van der Waals surface area (Å²) in [7, 11) is 0. The van der Waals surface area contributed by atoms with Gasteiger partial charge >= 0.3 is 0 Å². The van der Waals surface area contributed by atoms with Crippen molar-refractivity contribution >= 4 is 27.7 Å². The average Bonchev–Trinajstić information content (AvgIpc) is 3.48. The molecule has 1 N–H and O–H groups in total. The van der Waals surface area contributed by atoms with Gasteiger partial charge in [-0.1, -0.05) is 0 Å². The van der Waals surface area contributed by atoms with Crippen molar-refractivity contribution in [2.75, 3.05) is 32.9 Å². The second-order valence-electron chi connectivity index (χ2n) is 9.79. The van der Waals surface area contributed by atoms with E-state index in [1.165, 1.54) is 0 Å². The highest BCUT2D eigenvalue weighted by molar-refractivity contribution is 6.07. The smallest absolute Gasteiger partial charge is 0.259 e. The maximum absolute atomic E-state index is 13.6. The van der Waals surface area contributed by atoms with E-state index in [0.717, 1.165) is 80.2 Å². The quantitative estimate of drug-likeness (QED) is 0.647. The summed E-state index contributed by atoms with van der Waals surface area (Å²) in [4.78, 5) is 31.3. The second kappa shape index (κ2) is 7.95. The molecular formula is C25H30N4O4. The molecule has 0 radical (unpaired) electrons. The third-order valence-electron chi connectivity index (χ3n) is 7.82. The van der Waals surface area contributed by atoms with Gasteiger partial charge in [0.15, 0.2) is 0 Å². The van der Waals surface area contributed by atoms with Gasteiger partial charge in [-0.3, -0.25) is 14.3 Å². The van der Waals surface area contributed by atoms with Crippen LogP contribution >= 0.6 is 0 Å². The minimum absolute atomic E-state index is 0.0168. The number of piperidine rings is 1. The Morgan fingerprint density at radius 3 is 2.64 bits per heavy atom. The minimum atomic E-state index is -0.146. The predicted octanol–water partition coefficient (Wildman–Crippen LogP) is 3.32. The Kier molecular flexibility index (Phi) is 5.03. The highest BCUT2D eigenvalue weighted by atomic mass is 16.5. The van der Waals surface area contributed by atoms with Crippen LogP contribution < -0.4 is 5.56 Å². The number of amides is 1. The fourth-order valence-corrected chi connectivity index (χ4v) is 5.87. The first-order chi connectivity index (χ1) is 16.0. The van der Waals surface area contributed by atoms with E-state index in [4.69, 9.17) is 9.47 Å². The van der Waals surface area contributed by atoms with E-state index in [0.29, 0.717) is 24.2 Å². The summed E-state index contributed by atoms with van der Waals surface area (Å²) >= 11 is 0. The largest absolute Gasteiger partial charge is 0.381 e. The number of aryl methyl sites for hydroxylation is 1. The van der Waals surface area contributed by atoms with E-state index in [9.17, 15) is 9.59 Å². The summed E-state index contributed by atoms with van der Waals surface area (Å²) in [5.41, 5.74) is 2.96. The van der Waals surface area contributed by atoms with Gasteiger partial charge in [-0.05, 0) is 63.1 Å². The van der Waals surface area contributed by atoms with Gasteiger partial charge in [-0.25, -0.2) is 0 Å². The van der Waals surface area contributed by atoms with Gasteiger partial charge in [0.2, 0.25) is 0 Å². The average molecular weight is 451 g/mol. The standard InChI is InChI=1S/C25H30N4O4/c1-16-13-21-19(14-18(16)24(31)28-8-6-25(7-9-28)5-2-10-33-25)22-20(23(30)27-21)15-26-29(22)17-3-11-32-12-4-17/h13-15,17H,2-12H2,1H3,(H,27,30). The monoisotopic (exact) mass is 450 g/mol. The molecule has 0 aliphatic carbocycles. The minimum Gasteiger partial charge on any atom is -0.381 e. The maximum atomic E-state index is 13.6. The molecule has 8 nitrogen and oxygen atoms in total. The molecule has 174 valence electrons. The van der Waals surface area contributed by atoms with Crippen LogP contribution in [0.1, 0.15) is 60.5 Å². The number of carbonyl (C=O) groups excluding carboxylic acids is 1. The van der Waals surface area contributed by atoms with Crippen LogP contribution in [0.5, 0.6) is 0 Å². The second-order valence-corrected chi connectivity index (χ2v) is 9.79. The van der Waals surface area contributed by atoms with Gasteiger partial charge in [0.1, 0.15) is 0 Å². The molecule has 5 heterocycles. The van der Waals surface area contributed by atoms with Gasteiger partial charge < -0.3 is 19.4 Å². The van der Waals surface area contributed by atoms with Crippen LogP contribution in [-0.2, 0) is 9.47 Å². The highest BCUT2D eigenvalue weighted by Gasteiger charge is 2.39. The predicted molar refractivity (Wildman–Crippen MR) is 125 cm³/mol. The van der Waals surface area contributed by atoms with Gasteiger partial charge in [-0.2, -0.15) is 5.10 Å². The van der Waals surface area contributed by atoms with Crippen LogP contribution in [0.15, 0.2) is 23.1 Å². The highest BCUT2D eigenvalue weighted by Crippen LogP contribution is 2.36. The number of aromatic nitrogens is 3. The van der Waals surface area contributed by atoms with Crippen molar-refractivity contribution in [2.24, 2.45) is 0 Å². The van der Waals surface area contributed by atoms with Crippen molar-refractivity contribution in [3.63, 3.8) is 0 Å². The molecule has 8 heteroatoms. The molecule has 3 aliphatic heterocycles. The van der Waals surface area contributed by atoms with E-state index in [1.54, 1.807) is 6.20 Å². The lowest BCUT2D eigenvalue weighted by Crippen LogP contribution is -2.46. The molecule has 3 aromatic rings. The molecule has 0 saturated carbocycles. The van der Waals surface area contributed by atoms with Crippen LogP contribution in [-0.4, -0.2) is 64.1 Å². The number of pyridine rings is 1. The van der Waals surface area contributed by atoms with Crippen molar-refractivity contribution in [3.8, 4) is 0 Å². The van der Waals surface area contributed by atoms with Crippen molar-refractivity contribution in [3.05, 3.63) is 39.8 Å². The Hall–Kier alpha value is -2.71. The molecule has 3 saturated heterocycles. The number of rotatable bonds is 2. The molecule has 1 amide bonds. The number of hydrogen-bond acceptors (Lipinski definition) is 5. The van der Waals surface area contributed by atoms with Crippen molar-refractivity contribution in [1.29, 1.82) is 0 Å². The van der Waals surface area contributed by atoms with Crippen LogP contribution in [0.4, 0.5) is 0 Å². The molecule has 2 aromatic heterocycles. The van der Waals surface area contributed by atoms with Crippen LogP contribution in [0.2, 0.25) is 0 Å². The number of aromatic amines is 1. The first kappa shape index (κ1) is 20.9. The molecule has 0 unspecified atom stereocenters. The number of benzene rings is 1. The summed E-state index contributed by atoms with van der Waals surface area (Å²) in [5, 5.41) is 6.02. The molecule has 0 atom stereocenters. The van der Waals surface area contributed by atoms with E-state index >= 15 is 0 Å². The summed E-state index contributed by atoms with van der Waals surface area (Å²) < 4.78 is 13.5.